The number of furan rings is 1. The van der Waals surface area contributed by atoms with Crippen LogP contribution < -0.4 is 5.32 Å². The van der Waals surface area contributed by atoms with Crippen LogP contribution in [-0.2, 0) is 11.3 Å². The summed E-state index contributed by atoms with van der Waals surface area (Å²) in [6, 6.07) is 16.2. The highest BCUT2D eigenvalue weighted by Crippen LogP contribution is 2.22. The molecule has 1 aliphatic heterocycles. The standard InChI is InChI=1S/C20H16N2O4/c23-18(21-12-14-11-13-5-1-4-8-17(13)26-14)9-10-22-19(24)15-6-2-3-7-16(15)20(22)25/h1-8,11H,9-10,12H2,(H,21,23). The molecular formula is C20H16N2O4. The average molecular weight is 348 g/mol. The summed E-state index contributed by atoms with van der Waals surface area (Å²) in [5.74, 6) is -0.298. The van der Waals surface area contributed by atoms with Gasteiger partial charge in [-0.3, -0.25) is 19.3 Å². The Balaban J connectivity index is 1.33. The topological polar surface area (TPSA) is 79.6 Å². The monoisotopic (exact) mass is 348 g/mol. The minimum Gasteiger partial charge on any atom is -0.459 e. The number of imide groups is 1. The lowest BCUT2D eigenvalue weighted by Crippen LogP contribution is -2.34. The number of fused-ring (bicyclic) bond motifs is 2. The second kappa shape index (κ2) is 6.48. The molecule has 6 nitrogen and oxygen atoms in total. The van der Waals surface area contributed by atoms with Gasteiger partial charge in [-0.05, 0) is 24.3 Å². The van der Waals surface area contributed by atoms with Crippen LogP contribution in [0.1, 0.15) is 32.9 Å². The first-order valence-electron chi connectivity index (χ1n) is 8.33. The van der Waals surface area contributed by atoms with Gasteiger partial charge >= 0.3 is 0 Å². The van der Waals surface area contributed by atoms with Crippen molar-refractivity contribution in [3.63, 3.8) is 0 Å². The average Bonchev–Trinajstić information content (AvgIpc) is 3.18. The van der Waals surface area contributed by atoms with Crippen molar-refractivity contribution >= 4 is 28.7 Å². The van der Waals surface area contributed by atoms with Gasteiger partial charge in [-0.1, -0.05) is 30.3 Å². The summed E-state index contributed by atoms with van der Waals surface area (Å²) in [7, 11) is 0. The Morgan fingerprint density at radius 3 is 2.31 bits per heavy atom. The summed E-state index contributed by atoms with van der Waals surface area (Å²) in [6.45, 7) is 0.313. The number of nitrogens with zero attached hydrogens (tertiary/aromatic N) is 1. The Morgan fingerprint density at radius 1 is 0.962 bits per heavy atom. The molecule has 0 unspecified atom stereocenters. The van der Waals surface area contributed by atoms with Gasteiger partial charge < -0.3 is 9.73 Å². The van der Waals surface area contributed by atoms with Gasteiger partial charge in [0.2, 0.25) is 5.91 Å². The Morgan fingerprint density at radius 2 is 1.62 bits per heavy atom. The third-order valence-electron chi connectivity index (χ3n) is 4.38. The summed E-state index contributed by atoms with van der Waals surface area (Å²) in [6.07, 6.45) is 0.0473. The van der Waals surface area contributed by atoms with Crippen molar-refractivity contribution in [2.75, 3.05) is 6.54 Å². The summed E-state index contributed by atoms with van der Waals surface area (Å²) in [4.78, 5) is 37.7. The molecule has 1 N–H and O–H groups in total. The summed E-state index contributed by atoms with van der Waals surface area (Å²) >= 11 is 0. The number of carbonyl (C=O) groups is 3. The van der Waals surface area contributed by atoms with E-state index in [0.717, 1.165) is 15.9 Å². The number of hydrogen-bond donors (Lipinski definition) is 1. The van der Waals surface area contributed by atoms with Crippen molar-refractivity contribution in [2.24, 2.45) is 0 Å². The molecule has 1 aliphatic rings. The predicted molar refractivity (Wildman–Crippen MR) is 94.5 cm³/mol. The Labute approximate surface area is 149 Å². The molecule has 1 aromatic heterocycles. The molecule has 0 fully saturated rings. The van der Waals surface area contributed by atoms with E-state index in [0.29, 0.717) is 16.9 Å². The fourth-order valence-electron chi connectivity index (χ4n) is 3.05. The zero-order valence-corrected chi connectivity index (χ0v) is 13.9. The molecule has 26 heavy (non-hydrogen) atoms. The molecule has 0 saturated heterocycles. The SMILES string of the molecule is O=C(CCN1C(=O)c2ccccc2C1=O)NCc1cc2ccccc2o1. The van der Waals surface area contributed by atoms with E-state index in [1.807, 2.05) is 30.3 Å². The fourth-order valence-corrected chi connectivity index (χ4v) is 3.05. The van der Waals surface area contributed by atoms with Gasteiger partial charge in [0.05, 0.1) is 17.7 Å². The minimum absolute atomic E-state index is 0.0473. The Hall–Kier alpha value is -3.41. The van der Waals surface area contributed by atoms with E-state index in [-0.39, 0.29) is 37.2 Å². The summed E-state index contributed by atoms with van der Waals surface area (Å²) < 4.78 is 5.64. The van der Waals surface area contributed by atoms with Gasteiger partial charge in [0.1, 0.15) is 11.3 Å². The lowest BCUT2D eigenvalue weighted by molar-refractivity contribution is -0.121. The van der Waals surface area contributed by atoms with E-state index in [2.05, 4.69) is 5.32 Å². The fraction of sp³-hybridized carbons (Fsp3) is 0.150. The zero-order valence-electron chi connectivity index (χ0n) is 13.9. The highest BCUT2D eigenvalue weighted by Gasteiger charge is 2.34. The predicted octanol–water partition coefficient (Wildman–Crippen LogP) is 2.74. The number of carbonyl (C=O) groups excluding carboxylic acids is 3. The maximum Gasteiger partial charge on any atom is 0.261 e. The molecule has 6 heteroatoms. The van der Waals surface area contributed by atoms with Crippen LogP contribution in [0, 0.1) is 0 Å². The molecule has 3 aromatic rings. The smallest absolute Gasteiger partial charge is 0.261 e. The number of benzene rings is 2. The van der Waals surface area contributed by atoms with Crippen molar-refractivity contribution in [3.05, 3.63) is 71.5 Å². The maximum atomic E-state index is 12.3. The molecular weight excluding hydrogens is 332 g/mol. The van der Waals surface area contributed by atoms with Crippen LogP contribution in [0.4, 0.5) is 0 Å². The van der Waals surface area contributed by atoms with Crippen LogP contribution in [0.15, 0.2) is 59.0 Å². The molecule has 0 atom stereocenters. The van der Waals surface area contributed by atoms with Crippen LogP contribution in [0.25, 0.3) is 11.0 Å². The highest BCUT2D eigenvalue weighted by molar-refractivity contribution is 6.21. The van der Waals surface area contributed by atoms with Crippen molar-refractivity contribution in [2.45, 2.75) is 13.0 Å². The molecule has 130 valence electrons. The van der Waals surface area contributed by atoms with Gasteiger partial charge in [0, 0.05) is 18.4 Å². The van der Waals surface area contributed by atoms with E-state index in [9.17, 15) is 14.4 Å². The summed E-state index contributed by atoms with van der Waals surface area (Å²) in [5, 5.41) is 3.73. The van der Waals surface area contributed by atoms with Crippen molar-refractivity contribution in [3.8, 4) is 0 Å². The first-order valence-corrected chi connectivity index (χ1v) is 8.33. The van der Waals surface area contributed by atoms with Crippen LogP contribution in [-0.4, -0.2) is 29.2 Å². The maximum absolute atomic E-state index is 12.3. The van der Waals surface area contributed by atoms with Crippen molar-refractivity contribution in [1.29, 1.82) is 0 Å². The van der Waals surface area contributed by atoms with E-state index >= 15 is 0 Å². The third-order valence-corrected chi connectivity index (χ3v) is 4.38. The number of para-hydroxylation sites is 1. The Kier molecular flexibility index (Phi) is 4.01. The minimum atomic E-state index is -0.351. The molecule has 2 heterocycles. The van der Waals surface area contributed by atoms with Gasteiger partial charge in [0.25, 0.3) is 11.8 Å². The van der Waals surface area contributed by atoms with Crippen LogP contribution in [0.3, 0.4) is 0 Å². The third kappa shape index (κ3) is 2.86. The van der Waals surface area contributed by atoms with E-state index < -0.39 is 0 Å². The van der Waals surface area contributed by atoms with Gasteiger partial charge in [0.15, 0.2) is 0 Å². The molecule has 0 radical (unpaired) electrons. The molecule has 4 rings (SSSR count). The molecule has 0 bridgehead atoms. The van der Waals surface area contributed by atoms with E-state index in [4.69, 9.17) is 4.42 Å². The first kappa shape index (κ1) is 16.1. The second-order valence-electron chi connectivity index (χ2n) is 6.08. The first-order chi connectivity index (χ1) is 12.6. The number of nitrogens with one attached hydrogen (secondary N) is 1. The lowest BCUT2D eigenvalue weighted by atomic mass is 10.1. The highest BCUT2D eigenvalue weighted by atomic mass is 16.3. The normalized spacial score (nSPS) is 13.3. The molecule has 0 spiro atoms. The molecule has 3 amide bonds. The number of amides is 3. The molecule has 0 saturated carbocycles. The largest absolute Gasteiger partial charge is 0.459 e. The van der Waals surface area contributed by atoms with Gasteiger partial charge in [-0.15, -0.1) is 0 Å². The van der Waals surface area contributed by atoms with Crippen molar-refractivity contribution < 1.29 is 18.8 Å². The van der Waals surface area contributed by atoms with Gasteiger partial charge in [-0.25, -0.2) is 0 Å². The van der Waals surface area contributed by atoms with Crippen LogP contribution in [0.5, 0.6) is 0 Å². The van der Waals surface area contributed by atoms with Crippen LogP contribution in [0.2, 0.25) is 0 Å². The number of rotatable bonds is 5. The quantitative estimate of drug-likeness (QED) is 0.719. The van der Waals surface area contributed by atoms with Gasteiger partial charge in [-0.2, -0.15) is 0 Å². The van der Waals surface area contributed by atoms with Crippen molar-refractivity contribution in [1.82, 2.24) is 10.2 Å². The molecule has 2 aromatic carbocycles. The number of hydrogen-bond acceptors (Lipinski definition) is 4. The zero-order chi connectivity index (χ0) is 18.1. The van der Waals surface area contributed by atoms with E-state index in [1.165, 1.54) is 0 Å². The lowest BCUT2D eigenvalue weighted by Gasteiger charge is -2.13. The summed E-state index contributed by atoms with van der Waals surface area (Å²) in [5.41, 5.74) is 1.54. The second-order valence-corrected chi connectivity index (χ2v) is 6.08. The van der Waals surface area contributed by atoms with E-state index in [1.54, 1.807) is 24.3 Å². The Bertz CT molecular complexity index is 953. The molecule has 0 aliphatic carbocycles. The van der Waals surface area contributed by atoms with Crippen LogP contribution >= 0.6 is 0 Å².